The smallest absolute Gasteiger partial charge is 0.253 e. The zero-order valence-corrected chi connectivity index (χ0v) is 20.5. The molecule has 0 saturated carbocycles. The minimum atomic E-state index is -3.15. The van der Waals surface area contributed by atoms with Crippen molar-refractivity contribution in [3.05, 3.63) is 48.3 Å². The molecule has 1 amide bonds. The van der Waals surface area contributed by atoms with E-state index in [2.05, 4.69) is 14.9 Å². The number of benzene rings is 1. The molecule has 2 aromatic heterocycles. The predicted octanol–water partition coefficient (Wildman–Crippen LogP) is 3.67. The van der Waals surface area contributed by atoms with Gasteiger partial charge >= 0.3 is 0 Å². The molecular weight excluding hydrogens is 473 g/mol. The van der Waals surface area contributed by atoms with Crippen LogP contribution >= 0.6 is 0 Å². The number of nitrogens with zero attached hydrogens (tertiary/aromatic N) is 2. The molecule has 10 heteroatoms. The fourth-order valence-electron chi connectivity index (χ4n) is 4.89. The number of rotatable bonds is 6. The lowest BCUT2D eigenvalue weighted by molar-refractivity contribution is 0.0860. The van der Waals surface area contributed by atoms with Crippen molar-refractivity contribution < 1.29 is 27.1 Å². The Morgan fingerprint density at radius 1 is 1.37 bits per heavy atom. The van der Waals surface area contributed by atoms with Gasteiger partial charge in [-0.1, -0.05) is 12.1 Å². The second-order valence-corrected chi connectivity index (χ2v) is 11.8. The number of hydrogen-bond donors (Lipinski definition) is 1. The van der Waals surface area contributed by atoms with Gasteiger partial charge in [0.15, 0.2) is 9.84 Å². The second-order valence-electron chi connectivity index (χ2n) is 9.60. The quantitative estimate of drug-likeness (QED) is 0.553. The zero-order chi connectivity index (χ0) is 24.8. The van der Waals surface area contributed by atoms with E-state index in [1.807, 2.05) is 12.3 Å². The molecule has 2 saturated heterocycles. The van der Waals surface area contributed by atoms with Crippen LogP contribution in [0, 0.1) is 0 Å². The number of alkyl halides is 1. The first-order valence-corrected chi connectivity index (χ1v) is 13.5. The topological polar surface area (TPSA) is 99.5 Å². The van der Waals surface area contributed by atoms with Crippen LogP contribution in [0.5, 0.6) is 5.75 Å². The van der Waals surface area contributed by atoms with E-state index in [4.69, 9.17) is 9.47 Å². The number of pyridine rings is 1. The van der Waals surface area contributed by atoms with Crippen molar-refractivity contribution in [3.8, 4) is 16.9 Å². The van der Waals surface area contributed by atoms with Crippen LogP contribution in [-0.4, -0.2) is 60.5 Å². The van der Waals surface area contributed by atoms with Gasteiger partial charge in [-0.15, -0.1) is 0 Å². The summed E-state index contributed by atoms with van der Waals surface area (Å²) in [5.41, 5.74) is 2.69. The van der Waals surface area contributed by atoms with Crippen molar-refractivity contribution in [2.75, 3.05) is 24.7 Å². The van der Waals surface area contributed by atoms with Gasteiger partial charge in [0.2, 0.25) is 6.36 Å². The summed E-state index contributed by atoms with van der Waals surface area (Å²) in [4.78, 5) is 17.7. The van der Waals surface area contributed by atoms with Gasteiger partial charge in [-0.2, -0.15) is 0 Å². The molecule has 8 nitrogen and oxygen atoms in total. The van der Waals surface area contributed by atoms with Crippen molar-refractivity contribution in [2.24, 2.45) is 0 Å². The molecule has 2 fully saturated rings. The molecule has 186 valence electrons. The van der Waals surface area contributed by atoms with Crippen LogP contribution < -0.4 is 10.1 Å². The molecule has 3 aromatic rings. The van der Waals surface area contributed by atoms with Crippen molar-refractivity contribution in [2.45, 2.75) is 44.6 Å². The molecule has 2 aliphatic rings. The third-order valence-corrected chi connectivity index (χ3v) is 8.50. The minimum Gasteiger partial charge on any atom is -0.461 e. The number of fused-ring (bicyclic) bond motifs is 1. The van der Waals surface area contributed by atoms with Crippen molar-refractivity contribution >= 4 is 26.8 Å². The Hall–Kier alpha value is -2.98. The molecule has 0 aliphatic carbocycles. The van der Waals surface area contributed by atoms with E-state index in [1.54, 1.807) is 31.2 Å². The Balaban J connectivity index is 1.53. The predicted molar refractivity (Wildman–Crippen MR) is 130 cm³/mol. The molecule has 2 aliphatic heterocycles. The third-order valence-electron chi connectivity index (χ3n) is 6.59. The number of sulfone groups is 1. The molecule has 3 unspecified atom stereocenters. The molecule has 0 radical (unpaired) electrons. The number of aromatic nitrogens is 2. The fraction of sp³-hybridized carbons (Fsp3) is 0.440. The number of nitrogens with one attached hydrogen (secondary N) is 1. The van der Waals surface area contributed by atoms with Crippen molar-refractivity contribution in [1.29, 1.82) is 0 Å². The minimum absolute atomic E-state index is 0.0684. The van der Waals surface area contributed by atoms with E-state index in [-0.39, 0.29) is 23.5 Å². The zero-order valence-electron chi connectivity index (χ0n) is 19.7. The third kappa shape index (κ3) is 4.90. The van der Waals surface area contributed by atoms with Gasteiger partial charge < -0.3 is 19.4 Å². The highest BCUT2D eigenvalue weighted by molar-refractivity contribution is 7.91. The summed E-state index contributed by atoms with van der Waals surface area (Å²) in [5, 5.41) is 2.90. The number of carbonyl (C=O) groups is 1. The van der Waals surface area contributed by atoms with Crippen LogP contribution in [-0.2, 0) is 14.6 Å². The lowest BCUT2D eigenvalue weighted by atomic mass is 10.0. The Bertz CT molecular complexity index is 1380. The van der Waals surface area contributed by atoms with Crippen LogP contribution in [0.3, 0.4) is 0 Å². The van der Waals surface area contributed by atoms with E-state index in [0.29, 0.717) is 36.5 Å². The Morgan fingerprint density at radius 2 is 2.20 bits per heavy atom. The van der Waals surface area contributed by atoms with E-state index in [0.717, 1.165) is 23.1 Å². The van der Waals surface area contributed by atoms with Gasteiger partial charge in [-0.25, -0.2) is 12.8 Å². The van der Waals surface area contributed by atoms with E-state index < -0.39 is 21.7 Å². The average Bonchev–Trinajstić information content (AvgIpc) is 3.50. The summed E-state index contributed by atoms with van der Waals surface area (Å²) in [6, 6.07) is 9.05. The maximum Gasteiger partial charge on any atom is 0.253 e. The van der Waals surface area contributed by atoms with Gasteiger partial charge in [-0.05, 0) is 43.5 Å². The molecule has 5 rings (SSSR count). The lowest BCUT2D eigenvalue weighted by Crippen LogP contribution is -2.46. The van der Waals surface area contributed by atoms with Crippen LogP contribution in [0.2, 0.25) is 0 Å². The van der Waals surface area contributed by atoms with Gasteiger partial charge in [-0.3, -0.25) is 9.78 Å². The number of amides is 1. The van der Waals surface area contributed by atoms with Gasteiger partial charge in [0, 0.05) is 31.5 Å². The van der Waals surface area contributed by atoms with Crippen molar-refractivity contribution in [3.63, 3.8) is 0 Å². The monoisotopic (exact) mass is 501 g/mol. The van der Waals surface area contributed by atoms with E-state index in [9.17, 15) is 17.6 Å². The SMILES string of the molecule is CC(F)Oc1cccc(-c2cn(C3CCOC3)c3cc(C(=O)NC4(C)CCS(=O)(=O)C4)cnc23)c1. The van der Waals surface area contributed by atoms with Crippen LogP contribution in [0.1, 0.15) is 43.1 Å². The summed E-state index contributed by atoms with van der Waals surface area (Å²) >= 11 is 0. The number of carbonyl (C=O) groups excluding carboxylic acids is 1. The summed E-state index contributed by atoms with van der Waals surface area (Å²) in [6.07, 6.45) is 3.28. The summed E-state index contributed by atoms with van der Waals surface area (Å²) in [5.74, 6) is 0.0533. The molecule has 35 heavy (non-hydrogen) atoms. The maximum absolute atomic E-state index is 13.4. The van der Waals surface area contributed by atoms with Crippen molar-refractivity contribution in [1.82, 2.24) is 14.9 Å². The van der Waals surface area contributed by atoms with Gasteiger partial charge in [0.25, 0.3) is 5.91 Å². The summed E-state index contributed by atoms with van der Waals surface area (Å²) in [7, 11) is -3.15. The Labute approximate surface area is 203 Å². The molecular formula is C25H28FN3O5S. The molecule has 0 spiro atoms. The van der Waals surface area contributed by atoms with Gasteiger partial charge in [0.05, 0.1) is 46.3 Å². The first-order chi connectivity index (χ1) is 16.6. The molecule has 3 atom stereocenters. The Kier molecular flexibility index (Phi) is 6.04. The maximum atomic E-state index is 13.4. The number of hydrogen-bond acceptors (Lipinski definition) is 6. The number of halogens is 1. The number of ether oxygens (including phenoxy) is 2. The van der Waals surface area contributed by atoms with Gasteiger partial charge in [0.1, 0.15) is 5.75 Å². The summed E-state index contributed by atoms with van der Waals surface area (Å²) in [6.45, 7) is 4.29. The van der Waals surface area contributed by atoms with Crippen LogP contribution in [0.25, 0.3) is 22.2 Å². The average molecular weight is 502 g/mol. The highest BCUT2D eigenvalue weighted by Crippen LogP contribution is 2.35. The first-order valence-electron chi connectivity index (χ1n) is 11.6. The normalized spacial score (nSPS) is 24.5. The molecule has 1 aromatic carbocycles. The molecule has 0 bridgehead atoms. The fourth-order valence-corrected chi connectivity index (χ4v) is 6.98. The summed E-state index contributed by atoms with van der Waals surface area (Å²) < 4.78 is 50.2. The molecule has 1 N–H and O–H groups in total. The highest BCUT2D eigenvalue weighted by Gasteiger charge is 2.39. The largest absolute Gasteiger partial charge is 0.461 e. The van der Waals surface area contributed by atoms with Crippen LogP contribution in [0.15, 0.2) is 42.7 Å². The lowest BCUT2D eigenvalue weighted by Gasteiger charge is -2.23. The Morgan fingerprint density at radius 3 is 2.89 bits per heavy atom. The standard InChI is InChI=1S/C25H28FN3O5S/c1-16(26)34-20-5-3-4-17(10-20)21-13-29(19-6-8-33-14-19)22-11-18(12-27-23(21)22)24(30)28-25(2)7-9-35(31,32)15-25/h3-5,10-13,16,19H,6-9,14-15H2,1-2H3,(H,28,30). The van der Waals surface area contributed by atoms with Crippen LogP contribution in [0.4, 0.5) is 4.39 Å². The molecule has 4 heterocycles. The van der Waals surface area contributed by atoms with E-state index >= 15 is 0 Å². The second kappa shape index (κ2) is 8.91. The van der Waals surface area contributed by atoms with E-state index in [1.165, 1.54) is 13.1 Å². The first kappa shape index (κ1) is 23.7. The highest BCUT2D eigenvalue weighted by atomic mass is 32.2.